The van der Waals surface area contributed by atoms with Crippen molar-refractivity contribution in [1.29, 1.82) is 0 Å². The topological polar surface area (TPSA) is 45.8 Å². The molecule has 0 amide bonds. The summed E-state index contributed by atoms with van der Waals surface area (Å²) in [5.74, 6) is 0.0556. The molecular weight excluding hydrogens is 332 g/mol. The lowest BCUT2D eigenvalue weighted by atomic mass is 10.1. The van der Waals surface area contributed by atoms with Crippen LogP contribution in [0.15, 0.2) is 54.6 Å². The van der Waals surface area contributed by atoms with Gasteiger partial charge in [-0.05, 0) is 43.3 Å². The summed E-state index contributed by atoms with van der Waals surface area (Å²) in [6.07, 6.45) is 0. The number of pyridine rings is 1. The van der Waals surface area contributed by atoms with Crippen molar-refractivity contribution in [2.45, 2.75) is 20.8 Å². The van der Waals surface area contributed by atoms with Crippen molar-refractivity contribution < 1.29 is 4.79 Å². The molecule has 0 aliphatic heterocycles. The van der Waals surface area contributed by atoms with Crippen LogP contribution in [0.4, 0.5) is 0 Å². The predicted octanol–water partition coefficient (Wildman–Crippen LogP) is 6.27. The Balaban J connectivity index is 0.000000880. The van der Waals surface area contributed by atoms with E-state index in [-0.39, 0.29) is 5.78 Å². The minimum atomic E-state index is 0.0556. The zero-order chi connectivity index (χ0) is 18.0. The second-order valence-corrected chi connectivity index (χ2v) is 5.92. The Labute approximate surface area is 151 Å². The molecule has 2 aromatic heterocycles. The molecule has 0 saturated carbocycles. The van der Waals surface area contributed by atoms with Gasteiger partial charge in [0.15, 0.2) is 5.78 Å². The zero-order valence-electron chi connectivity index (χ0n) is 14.4. The molecule has 0 unspecified atom stereocenters. The van der Waals surface area contributed by atoms with Gasteiger partial charge in [0.25, 0.3) is 0 Å². The number of carbonyl (C=O) groups is 1. The number of carbonyl (C=O) groups excluding carboxylic acids is 1. The Hall–Kier alpha value is -2.65. The number of hydrogen-bond acceptors (Lipinski definition) is 2. The predicted molar refractivity (Wildman–Crippen MR) is 105 cm³/mol. The summed E-state index contributed by atoms with van der Waals surface area (Å²) >= 11 is 6.36. The van der Waals surface area contributed by atoms with Crippen LogP contribution in [0, 0.1) is 0 Å². The van der Waals surface area contributed by atoms with Crippen LogP contribution in [0.3, 0.4) is 0 Å². The number of fused-ring (bicyclic) bond motifs is 2. The molecule has 0 atom stereocenters. The van der Waals surface area contributed by atoms with Crippen molar-refractivity contribution in [3.05, 3.63) is 65.3 Å². The van der Waals surface area contributed by atoms with Gasteiger partial charge in [0.1, 0.15) is 5.15 Å². The van der Waals surface area contributed by atoms with E-state index in [0.29, 0.717) is 10.7 Å². The number of halogens is 1. The highest BCUT2D eigenvalue weighted by Gasteiger charge is 2.11. The second-order valence-electron chi connectivity index (χ2n) is 5.56. The maximum atomic E-state index is 11.5. The van der Waals surface area contributed by atoms with Gasteiger partial charge in [-0.25, -0.2) is 4.98 Å². The van der Waals surface area contributed by atoms with Crippen LogP contribution < -0.4 is 0 Å². The molecule has 0 radical (unpaired) electrons. The number of nitrogens with zero attached hydrogens (tertiary/aromatic N) is 1. The fourth-order valence-corrected chi connectivity index (χ4v) is 3.03. The van der Waals surface area contributed by atoms with Gasteiger partial charge >= 0.3 is 0 Å². The Morgan fingerprint density at radius 2 is 1.76 bits per heavy atom. The summed E-state index contributed by atoms with van der Waals surface area (Å²) in [4.78, 5) is 19.3. The molecule has 25 heavy (non-hydrogen) atoms. The molecule has 2 heterocycles. The number of aromatic nitrogens is 2. The lowest BCUT2D eigenvalue weighted by Crippen LogP contribution is -1.89. The smallest absolute Gasteiger partial charge is 0.159 e. The van der Waals surface area contributed by atoms with Crippen LogP contribution >= 0.6 is 11.6 Å². The van der Waals surface area contributed by atoms with Gasteiger partial charge in [0, 0.05) is 33.1 Å². The van der Waals surface area contributed by atoms with Crippen LogP contribution in [0.25, 0.3) is 33.1 Å². The molecule has 0 aliphatic carbocycles. The van der Waals surface area contributed by atoms with E-state index in [1.165, 1.54) is 0 Å². The summed E-state index contributed by atoms with van der Waals surface area (Å²) in [6.45, 7) is 5.57. The Morgan fingerprint density at radius 3 is 2.52 bits per heavy atom. The van der Waals surface area contributed by atoms with E-state index in [1.807, 2.05) is 68.4 Å². The Bertz CT molecular complexity index is 1070. The highest BCUT2D eigenvalue weighted by molar-refractivity contribution is 6.32. The first-order chi connectivity index (χ1) is 12.1. The number of rotatable bonds is 2. The molecular formula is C21H19ClN2O. The van der Waals surface area contributed by atoms with Gasteiger partial charge in [-0.2, -0.15) is 0 Å². The average Bonchev–Trinajstić information content (AvgIpc) is 3.05. The number of nitrogens with one attached hydrogen (secondary N) is 1. The number of para-hydroxylation sites is 1. The lowest BCUT2D eigenvalue weighted by Gasteiger charge is -2.04. The third-order valence-electron chi connectivity index (χ3n) is 3.99. The summed E-state index contributed by atoms with van der Waals surface area (Å²) < 4.78 is 0. The largest absolute Gasteiger partial charge is 0.354 e. The van der Waals surface area contributed by atoms with E-state index < -0.39 is 0 Å². The number of hydrogen-bond donors (Lipinski definition) is 1. The molecule has 1 N–H and O–H groups in total. The summed E-state index contributed by atoms with van der Waals surface area (Å²) in [6, 6.07) is 17.5. The Morgan fingerprint density at radius 1 is 1.00 bits per heavy atom. The molecule has 2 aromatic carbocycles. The molecule has 0 fully saturated rings. The zero-order valence-corrected chi connectivity index (χ0v) is 15.2. The second kappa shape index (κ2) is 7.08. The highest BCUT2D eigenvalue weighted by atomic mass is 35.5. The van der Waals surface area contributed by atoms with E-state index in [0.717, 1.165) is 33.1 Å². The maximum absolute atomic E-state index is 11.5. The number of benzene rings is 2. The quantitative estimate of drug-likeness (QED) is 0.342. The highest BCUT2D eigenvalue weighted by Crippen LogP contribution is 2.31. The molecule has 0 spiro atoms. The SMILES string of the molecule is CC.CC(=O)c1ccc2[nH]c(-c3cc4ccccc4nc3Cl)cc2c1. The van der Waals surface area contributed by atoms with Gasteiger partial charge in [-0.1, -0.05) is 43.6 Å². The van der Waals surface area contributed by atoms with Crippen LogP contribution in [-0.4, -0.2) is 15.8 Å². The molecule has 0 saturated heterocycles. The summed E-state index contributed by atoms with van der Waals surface area (Å²) in [5, 5.41) is 2.48. The van der Waals surface area contributed by atoms with Gasteiger partial charge in [-0.15, -0.1) is 0 Å². The maximum Gasteiger partial charge on any atom is 0.159 e. The van der Waals surface area contributed by atoms with Crippen LogP contribution in [0.2, 0.25) is 5.15 Å². The summed E-state index contributed by atoms with van der Waals surface area (Å²) in [7, 11) is 0. The van der Waals surface area contributed by atoms with Crippen LogP contribution in [0.1, 0.15) is 31.1 Å². The molecule has 0 bridgehead atoms. The normalized spacial score (nSPS) is 10.6. The Kier molecular flexibility index (Phi) is 4.86. The molecule has 4 aromatic rings. The van der Waals surface area contributed by atoms with Crippen molar-refractivity contribution >= 4 is 39.2 Å². The van der Waals surface area contributed by atoms with E-state index in [4.69, 9.17) is 11.6 Å². The van der Waals surface area contributed by atoms with Gasteiger partial charge in [0.2, 0.25) is 0 Å². The van der Waals surface area contributed by atoms with Gasteiger partial charge < -0.3 is 4.98 Å². The van der Waals surface area contributed by atoms with E-state index in [2.05, 4.69) is 9.97 Å². The van der Waals surface area contributed by atoms with Gasteiger partial charge in [0.05, 0.1) is 5.52 Å². The van der Waals surface area contributed by atoms with Crippen molar-refractivity contribution in [1.82, 2.24) is 9.97 Å². The minimum absolute atomic E-state index is 0.0556. The van der Waals surface area contributed by atoms with Crippen LogP contribution in [0.5, 0.6) is 0 Å². The number of H-pyrrole nitrogens is 1. The first kappa shape index (κ1) is 17.2. The van der Waals surface area contributed by atoms with Crippen molar-refractivity contribution in [3.8, 4) is 11.3 Å². The van der Waals surface area contributed by atoms with Crippen molar-refractivity contribution in [2.75, 3.05) is 0 Å². The monoisotopic (exact) mass is 350 g/mol. The molecule has 126 valence electrons. The minimum Gasteiger partial charge on any atom is -0.354 e. The first-order valence-corrected chi connectivity index (χ1v) is 8.69. The lowest BCUT2D eigenvalue weighted by molar-refractivity contribution is 0.101. The van der Waals surface area contributed by atoms with E-state index in [9.17, 15) is 4.79 Å². The summed E-state index contributed by atoms with van der Waals surface area (Å²) in [5.41, 5.74) is 4.28. The molecule has 0 aliphatic rings. The first-order valence-electron chi connectivity index (χ1n) is 8.31. The van der Waals surface area contributed by atoms with Crippen molar-refractivity contribution in [2.24, 2.45) is 0 Å². The average molecular weight is 351 g/mol. The van der Waals surface area contributed by atoms with Gasteiger partial charge in [-0.3, -0.25) is 4.79 Å². The fraction of sp³-hybridized carbons (Fsp3) is 0.143. The fourth-order valence-electron chi connectivity index (χ4n) is 2.78. The van der Waals surface area contributed by atoms with E-state index >= 15 is 0 Å². The standard InChI is InChI=1S/C19H13ClN2O.C2H6/c1-11(23)12-6-7-17-14(8-12)10-18(21-17)15-9-13-4-2-3-5-16(13)22-19(15)20;1-2/h2-10,21H,1H3;1-2H3. The molecule has 4 rings (SSSR count). The number of ketones is 1. The van der Waals surface area contributed by atoms with E-state index in [1.54, 1.807) is 6.92 Å². The number of aromatic amines is 1. The third kappa shape index (κ3) is 3.28. The molecule has 3 nitrogen and oxygen atoms in total. The van der Waals surface area contributed by atoms with Crippen LogP contribution in [-0.2, 0) is 0 Å². The molecule has 4 heteroatoms. The van der Waals surface area contributed by atoms with Crippen molar-refractivity contribution in [3.63, 3.8) is 0 Å². The third-order valence-corrected chi connectivity index (χ3v) is 4.28. The number of Topliss-reactive ketones (excluding diaryl/α,β-unsaturated/α-hetero) is 1.